The molecule has 1 aromatic heterocycles. The van der Waals surface area contributed by atoms with Gasteiger partial charge in [0.25, 0.3) is 0 Å². The Bertz CT molecular complexity index is 3030. The van der Waals surface area contributed by atoms with Crippen molar-refractivity contribution in [1.29, 1.82) is 5.26 Å². The number of benzene rings is 8. The van der Waals surface area contributed by atoms with E-state index in [2.05, 4.69) is 140 Å². The summed E-state index contributed by atoms with van der Waals surface area (Å²) in [5, 5.41) is 9.62. The van der Waals surface area contributed by atoms with Gasteiger partial charge in [-0.1, -0.05) is 176 Å². The zero-order valence-corrected chi connectivity index (χ0v) is 31.2. The van der Waals surface area contributed by atoms with Crippen molar-refractivity contribution >= 4 is 0 Å². The number of hydrogen-bond donors (Lipinski definition) is 0. The van der Waals surface area contributed by atoms with Gasteiger partial charge in [0.1, 0.15) is 11.5 Å². The Hall–Kier alpha value is -7.94. The Morgan fingerprint density at radius 2 is 0.759 bits per heavy atom. The molecule has 0 amide bonds. The molecule has 5 nitrogen and oxygen atoms in total. The van der Waals surface area contributed by atoms with Gasteiger partial charge in [-0.05, 0) is 57.1 Å². The summed E-state index contributed by atoms with van der Waals surface area (Å²) in [7, 11) is 0. The van der Waals surface area contributed by atoms with Crippen LogP contribution in [0.25, 0.3) is 67.5 Å². The molecule has 0 N–H and O–H groups in total. The molecular formula is C53H32N4O. The molecule has 1 spiro atoms. The van der Waals surface area contributed by atoms with Gasteiger partial charge in [-0.3, -0.25) is 0 Å². The maximum absolute atomic E-state index is 9.62. The number of para-hydroxylation sites is 2. The standard InChI is InChI=1S/C53H32N4O/c54-33-34-25-27-37(28-26-34)40-19-11-23-46-48(40)58-49-43(20-12-24-47(49)53(46)44-21-9-7-17-41(44)42-18-8-10-22-45(42)53)52-56-50(38-15-5-2-6-16-38)55-51(57-52)39-31-29-36(30-32-39)35-13-3-1-4-14-35/h1-32H. The van der Waals surface area contributed by atoms with Crippen LogP contribution in [0.4, 0.5) is 0 Å². The van der Waals surface area contributed by atoms with Crippen LogP contribution in [0.2, 0.25) is 0 Å². The lowest BCUT2D eigenvalue weighted by Crippen LogP contribution is -2.32. The highest BCUT2D eigenvalue weighted by atomic mass is 16.5. The minimum absolute atomic E-state index is 0.516. The number of ether oxygens (including phenoxy) is 1. The molecule has 11 rings (SSSR count). The lowest BCUT2D eigenvalue weighted by Gasteiger charge is -2.40. The van der Waals surface area contributed by atoms with E-state index in [-0.39, 0.29) is 0 Å². The van der Waals surface area contributed by atoms with Gasteiger partial charge in [0.15, 0.2) is 17.5 Å². The van der Waals surface area contributed by atoms with Gasteiger partial charge in [-0.25, -0.2) is 15.0 Å². The van der Waals surface area contributed by atoms with E-state index >= 15 is 0 Å². The second-order valence-corrected chi connectivity index (χ2v) is 14.6. The van der Waals surface area contributed by atoms with Crippen molar-refractivity contribution in [2.45, 2.75) is 5.41 Å². The van der Waals surface area contributed by atoms with Gasteiger partial charge >= 0.3 is 0 Å². The first-order chi connectivity index (χ1) is 28.7. The highest BCUT2D eigenvalue weighted by Gasteiger charge is 2.52. The summed E-state index contributed by atoms with van der Waals surface area (Å²) in [6.45, 7) is 0. The molecule has 0 fully saturated rings. The molecular weight excluding hydrogens is 709 g/mol. The van der Waals surface area contributed by atoms with Gasteiger partial charge in [0, 0.05) is 27.8 Å². The molecule has 0 saturated carbocycles. The maximum atomic E-state index is 9.62. The maximum Gasteiger partial charge on any atom is 0.167 e. The van der Waals surface area contributed by atoms with Crippen molar-refractivity contribution in [2.24, 2.45) is 0 Å². The van der Waals surface area contributed by atoms with E-state index in [1.54, 1.807) is 0 Å². The van der Waals surface area contributed by atoms with Crippen LogP contribution in [-0.4, -0.2) is 15.0 Å². The van der Waals surface area contributed by atoms with Crippen LogP contribution in [0, 0.1) is 11.3 Å². The lowest BCUT2D eigenvalue weighted by atomic mass is 9.65. The first-order valence-electron chi connectivity index (χ1n) is 19.3. The van der Waals surface area contributed by atoms with Crippen LogP contribution >= 0.6 is 0 Å². The summed E-state index contributed by atoms with van der Waals surface area (Å²) in [4.78, 5) is 15.5. The normalized spacial score (nSPS) is 12.7. The average Bonchev–Trinajstić information content (AvgIpc) is 3.60. The van der Waals surface area contributed by atoms with E-state index < -0.39 is 5.41 Å². The summed E-state index contributed by atoms with van der Waals surface area (Å²) in [5.74, 6) is 3.11. The van der Waals surface area contributed by atoms with Crippen LogP contribution < -0.4 is 4.74 Å². The highest BCUT2D eigenvalue weighted by Crippen LogP contribution is 2.64. The van der Waals surface area contributed by atoms with Crippen molar-refractivity contribution in [3.63, 3.8) is 0 Å². The predicted molar refractivity (Wildman–Crippen MR) is 229 cm³/mol. The monoisotopic (exact) mass is 740 g/mol. The Balaban J connectivity index is 1.17. The van der Waals surface area contributed by atoms with Crippen molar-refractivity contribution in [1.82, 2.24) is 15.0 Å². The number of fused-ring (bicyclic) bond motifs is 9. The van der Waals surface area contributed by atoms with Crippen molar-refractivity contribution in [3.05, 3.63) is 222 Å². The summed E-state index contributed by atoms with van der Waals surface area (Å²) in [6.07, 6.45) is 0. The number of nitriles is 1. The van der Waals surface area contributed by atoms with Crippen molar-refractivity contribution in [3.8, 4) is 85.1 Å². The summed E-state index contributed by atoms with van der Waals surface area (Å²) in [6, 6.07) is 69.0. The number of hydrogen-bond acceptors (Lipinski definition) is 5. The fourth-order valence-corrected chi connectivity index (χ4v) is 8.86. The van der Waals surface area contributed by atoms with Gasteiger partial charge in [0.05, 0.1) is 22.6 Å². The van der Waals surface area contributed by atoms with E-state index in [1.807, 2.05) is 60.7 Å². The minimum atomic E-state index is -0.708. The second-order valence-electron chi connectivity index (χ2n) is 14.6. The first-order valence-corrected chi connectivity index (χ1v) is 19.3. The smallest absolute Gasteiger partial charge is 0.167 e. The fourth-order valence-electron chi connectivity index (χ4n) is 8.86. The molecule has 0 bridgehead atoms. The predicted octanol–water partition coefficient (Wildman–Crippen LogP) is 12.5. The molecule has 270 valence electrons. The van der Waals surface area contributed by atoms with Crippen molar-refractivity contribution in [2.75, 3.05) is 0 Å². The molecule has 0 saturated heterocycles. The summed E-state index contributed by atoms with van der Waals surface area (Å²) >= 11 is 0. The average molecular weight is 741 g/mol. The molecule has 0 radical (unpaired) electrons. The Morgan fingerprint density at radius 1 is 0.345 bits per heavy atom. The Kier molecular flexibility index (Phi) is 7.70. The van der Waals surface area contributed by atoms with Gasteiger partial charge in [-0.2, -0.15) is 5.26 Å². The van der Waals surface area contributed by atoms with Gasteiger partial charge < -0.3 is 4.74 Å². The third-order valence-corrected chi connectivity index (χ3v) is 11.5. The molecule has 58 heavy (non-hydrogen) atoms. The van der Waals surface area contributed by atoms with E-state index in [0.29, 0.717) is 28.8 Å². The summed E-state index contributed by atoms with van der Waals surface area (Å²) < 4.78 is 7.31. The van der Waals surface area contributed by atoms with Crippen LogP contribution in [0.1, 0.15) is 27.8 Å². The molecule has 5 heteroatoms. The van der Waals surface area contributed by atoms with Crippen LogP contribution in [-0.2, 0) is 5.41 Å². The van der Waals surface area contributed by atoms with E-state index in [1.165, 1.54) is 22.3 Å². The number of aromatic nitrogens is 3. The quantitative estimate of drug-likeness (QED) is 0.176. The SMILES string of the molecule is N#Cc1ccc(-c2cccc3c2Oc2c(-c4nc(-c5ccccc5)nc(-c5ccc(-c6ccccc6)cc5)n4)cccc2C32c3ccccc3-c3ccccc32)cc1. The van der Waals surface area contributed by atoms with Crippen LogP contribution in [0.15, 0.2) is 194 Å². The van der Waals surface area contributed by atoms with E-state index in [0.717, 1.165) is 55.8 Å². The zero-order valence-electron chi connectivity index (χ0n) is 31.2. The Labute approximate surface area is 336 Å². The zero-order chi connectivity index (χ0) is 38.6. The molecule has 8 aromatic carbocycles. The molecule has 0 atom stereocenters. The van der Waals surface area contributed by atoms with E-state index in [4.69, 9.17) is 19.7 Å². The molecule has 1 aliphatic heterocycles. The minimum Gasteiger partial charge on any atom is -0.455 e. The topological polar surface area (TPSA) is 71.7 Å². The Morgan fingerprint density at radius 3 is 1.36 bits per heavy atom. The molecule has 2 heterocycles. The number of rotatable bonds is 5. The van der Waals surface area contributed by atoms with Crippen LogP contribution in [0.3, 0.4) is 0 Å². The highest BCUT2D eigenvalue weighted by molar-refractivity contribution is 5.92. The molecule has 2 aliphatic rings. The third-order valence-electron chi connectivity index (χ3n) is 11.5. The van der Waals surface area contributed by atoms with Gasteiger partial charge in [0.2, 0.25) is 0 Å². The summed E-state index contributed by atoms with van der Waals surface area (Å²) in [5.41, 5.74) is 13.4. The van der Waals surface area contributed by atoms with Gasteiger partial charge in [-0.15, -0.1) is 0 Å². The number of nitrogens with zero attached hydrogens (tertiary/aromatic N) is 4. The molecule has 9 aromatic rings. The fraction of sp³-hybridized carbons (Fsp3) is 0.0189. The first kappa shape index (κ1) is 33.4. The molecule has 1 aliphatic carbocycles. The van der Waals surface area contributed by atoms with Crippen LogP contribution in [0.5, 0.6) is 11.5 Å². The third kappa shape index (κ3) is 5.13. The lowest BCUT2D eigenvalue weighted by molar-refractivity contribution is 0.439. The second kappa shape index (κ2) is 13.4. The van der Waals surface area contributed by atoms with Crippen molar-refractivity contribution < 1.29 is 4.74 Å². The largest absolute Gasteiger partial charge is 0.455 e. The molecule has 0 unspecified atom stereocenters. The van der Waals surface area contributed by atoms with E-state index in [9.17, 15) is 5.26 Å².